The molecule has 6 nitrogen and oxygen atoms in total. The third-order valence-corrected chi connectivity index (χ3v) is 7.39. The number of likely N-dealkylation sites (N-methyl/N-ethyl adjacent to an activating group) is 1. The summed E-state index contributed by atoms with van der Waals surface area (Å²) in [5.41, 5.74) is 3.43. The Kier molecular flexibility index (Phi) is 8.42. The van der Waals surface area contributed by atoms with Crippen LogP contribution in [0.25, 0.3) is 0 Å². The Morgan fingerprint density at radius 2 is 1.78 bits per heavy atom. The van der Waals surface area contributed by atoms with Gasteiger partial charge < -0.3 is 9.80 Å². The molecule has 2 aromatic carbocycles. The quantitative estimate of drug-likeness (QED) is 0.378. The van der Waals surface area contributed by atoms with Crippen molar-refractivity contribution in [3.8, 4) is 0 Å². The van der Waals surface area contributed by atoms with Crippen LogP contribution in [0.3, 0.4) is 0 Å². The maximum Gasteiger partial charge on any atom is 0.257 e. The summed E-state index contributed by atoms with van der Waals surface area (Å²) in [6.07, 6.45) is 2.22. The number of carbonyl (C=O) groups excluding carboxylic acids is 1. The lowest BCUT2D eigenvalue weighted by Gasteiger charge is -2.33. The van der Waals surface area contributed by atoms with Gasteiger partial charge in [0.25, 0.3) is 11.5 Å². The van der Waals surface area contributed by atoms with E-state index < -0.39 is 0 Å². The highest BCUT2D eigenvalue weighted by atomic mass is 79.9. The van der Waals surface area contributed by atoms with Gasteiger partial charge in [-0.1, -0.05) is 60.1 Å². The van der Waals surface area contributed by atoms with Gasteiger partial charge in [0, 0.05) is 28.7 Å². The number of fused-ring (bicyclic) bond motifs is 1. The first-order valence-corrected chi connectivity index (χ1v) is 13.5. The van der Waals surface area contributed by atoms with Crippen molar-refractivity contribution in [2.24, 2.45) is 5.92 Å². The maximum absolute atomic E-state index is 13.9. The molecule has 36 heavy (non-hydrogen) atoms. The van der Waals surface area contributed by atoms with E-state index in [-0.39, 0.29) is 17.5 Å². The average molecular weight is 552 g/mol. The summed E-state index contributed by atoms with van der Waals surface area (Å²) in [6.45, 7) is 5.92. The van der Waals surface area contributed by atoms with Crippen molar-refractivity contribution < 1.29 is 4.79 Å². The predicted molar refractivity (Wildman–Crippen MR) is 147 cm³/mol. The second-order valence-corrected chi connectivity index (χ2v) is 10.9. The molecule has 190 valence electrons. The van der Waals surface area contributed by atoms with Crippen LogP contribution >= 0.6 is 15.9 Å². The smallest absolute Gasteiger partial charge is 0.257 e. The highest BCUT2D eigenvalue weighted by molar-refractivity contribution is 9.10. The topological polar surface area (TPSA) is 58.4 Å². The van der Waals surface area contributed by atoms with Crippen LogP contribution in [-0.4, -0.2) is 52.4 Å². The first kappa shape index (κ1) is 26.3. The Labute approximate surface area is 222 Å². The van der Waals surface area contributed by atoms with Crippen molar-refractivity contribution in [2.75, 3.05) is 27.2 Å². The number of aromatic nitrogens is 2. The molecule has 1 heterocycles. The van der Waals surface area contributed by atoms with E-state index in [2.05, 4.69) is 34.7 Å². The van der Waals surface area contributed by atoms with Crippen molar-refractivity contribution in [3.05, 3.63) is 97.6 Å². The Bertz CT molecular complexity index is 1250. The number of rotatable bonds is 9. The van der Waals surface area contributed by atoms with Crippen molar-refractivity contribution in [1.29, 1.82) is 0 Å². The summed E-state index contributed by atoms with van der Waals surface area (Å²) < 4.78 is 2.75. The molecule has 0 radical (unpaired) electrons. The fourth-order valence-electron chi connectivity index (χ4n) is 4.96. The molecule has 2 unspecified atom stereocenters. The molecule has 2 atom stereocenters. The van der Waals surface area contributed by atoms with Crippen LogP contribution in [0.2, 0.25) is 0 Å². The molecule has 0 saturated heterocycles. The minimum Gasteiger partial charge on any atom is -0.327 e. The van der Waals surface area contributed by atoms with Crippen molar-refractivity contribution in [1.82, 2.24) is 19.4 Å². The summed E-state index contributed by atoms with van der Waals surface area (Å²) in [5, 5.41) is 0. The van der Waals surface area contributed by atoms with E-state index in [0.29, 0.717) is 43.4 Å². The average Bonchev–Trinajstić information content (AvgIpc) is 3.24. The van der Waals surface area contributed by atoms with E-state index in [1.807, 2.05) is 78.2 Å². The lowest BCUT2D eigenvalue weighted by molar-refractivity contribution is 0.0641. The van der Waals surface area contributed by atoms with E-state index in [4.69, 9.17) is 4.98 Å². The van der Waals surface area contributed by atoms with E-state index in [9.17, 15) is 9.59 Å². The number of carbonyl (C=O) groups is 1. The number of halogens is 1. The molecule has 4 rings (SSSR count). The zero-order valence-electron chi connectivity index (χ0n) is 21.6. The van der Waals surface area contributed by atoms with E-state index in [1.54, 1.807) is 0 Å². The zero-order valence-corrected chi connectivity index (χ0v) is 23.2. The molecule has 3 aromatic rings. The number of nitrogens with zero attached hydrogens (tertiary/aromatic N) is 4. The summed E-state index contributed by atoms with van der Waals surface area (Å²) in [5.74, 6) is 1.03. The molecule has 0 saturated carbocycles. The highest BCUT2D eigenvalue weighted by Crippen LogP contribution is 2.29. The van der Waals surface area contributed by atoms with Crippen LogP contribution in [0.5, 0.6) is 0 Å². The van der Waals surface area contributed by atoms with Crippen LogP contribution in [0, 0.1) is 5.92 Å². The first-order valence-electron chi connectivity index (χ1n) is 12.7. The molecular weight excluding hydrogens is 516 g/mol. The monoisotopic (exact) mass is 550 g/mol. The lowest BCUT2D eigenvalue weighted by Crippen LogP contribution is -2.42. The molecule has 0 spiro atoms. The number of amides is 1. The van der Waals surface area contributed by atoms with Crippen LogP contribution < -0.4 is 5.56 Å². The normalized spacial score (nSPS) is 15.7. The summed E-state index contributed by atoms with van der Waals surface area (Å²) in [4.78, 5) is 36.8. The minimum atomic E-state index is -0.321. The van der Waals surface area contributed by atoms with Crippen LogP contribution in [0.4, 0.5) is 0 Å². The van der Waals surface area contributed by atoms with Crippen LogP contribution in [-0.2, 0) is 19.4 Å². The molecule has 1 amide bonds. The first-order chi connectivity index (χ1) is 17.3. The zero-order chi connectivity index (χ0) is 25.8. The Morgan fingerprint density at radius 1 is 1.08 bits per heavy atom. The van der Waals surface area contributed by atoms with Crippen LogP contribution in [0.15, 0.2) is 63.9 Å². The van der Waals surface area contributed by atoms with Gasteiger partial charge >= 0.3 is 0 Å². The van der Waals surface area contributed by atoms with Gasteiger partial charge in [0.05, 0.1) is 18.3 Å². The Hall–Kier alpha value is -2.77. The third-order valence-electron chi connectivity index (χ3n) is 6.86. The van der Waals surface area contributed by atoms with Crippen molar-refractivity contribution >= 4 is 21.8 Å². The standard InChI is InChI=1S/C29H35BrN4O2/c1-5-26(33(16-15-32(3)4)28(35)22-11-13-23(30)14-12-22)27-31-25-18-20(2)17-24(25)29(36)34(27)19-21-9-7-6-8-10-21/h6-14,20,26H,5,15-19H2,1-4H3. The van der Waals surface area contributed by atoms with Crippen LogP contribution in [0.1, 0.15) is 59.3 Å². The second kappa shape index (κ2) is 11.5. The second-order valence-electron chi connectivity index (χ2n) is 10.0. The summed E-state index contributed by atoms with van der Waals surface area (Å²) in [7, 11) is 4.01. The molecule has 1 aliphatic carbocycles. The summed E-state index contributed by atoms with van der Waals surface area (Å²) >= 11 is 3.46. The molecule has 0 N–H and O–H groups in total. The largest absolute Gasteiger partial charge is 0.327 e. The molecule has 0 bridgehead atoms. The fourth-order valence-corrected chi connectivity index (χ4v) is 5.23. The third kappa shape index (κ3) is 5.79. The molecule has 1 aliphatic rings. The van der Waals surface area contributed by atoms with Gasteiger partial charge in [0.15, 0.2) is 0 Å². The highest BCUT2D eigenvalue weighted by Gasteiger charge is 2.32. The Balaban J connectivity index is 1.83. The van der Waals surface area contributed by atoms with Gasteiger partial charge in [-0.3, -0.25) is 14.2 Å². The Morgan fingerprint density at radius 3 is 2.42 bits per heavy atom. The molecule has 7 heteroatoms. The van der Waals surface area contributed by atoms with Gasteiger partial charge in [-0.05, 0) is 69.1 Å². The van der Waals surface area contributed by atoms with Crippen molar-refractivity contribution in [2.45, 2.75) is 45.7 Å². The minimum absolute atomic E-state index is 0.0327. The lowest BCUT2D eigenvalue weighted by atomic mass is 10.1. The summed E-state index contributed by atoms with van der Waals surface area (Å²) in [6, 6.07) is 17.2. The molecular formula is C29H35BrN4O2. The van der Waals surface area contributed by atoms with E-state index >= 15 is 0 Å². The van der Waals surface area contributed by atoms with E-state index in [1.165, 1.54) is 0 Å². The SMILES string of the molecule is CCC(c1nc2c(c(=O)n1Cc1ccccc1)CC(C)C2)N(CCN(C)C)C(=O)c1ccc(Br)cc1. The van der Waals surface area contributed by atoms with Gasteiger partial charge in [0.1, 0.15) is 5.82 Å². The van der Waals surface area contributed by atoms with Gasteiger partial charge in [0.2, 0.25) is 0 Å². The maximum atomic E-state index is 13.9. The van der Waals surface area contributed by atoms with Gasteiger partial charge in [-0.25, -0.2) is 4.98 Å². The number of benzene rings is 2. The molecule has 0 fully saturated rings. The number of hydrogen-bond donors (Lipinski definition) is 0. The van der Waals surface area contributed by atoms with Crippen molar-refractivity contribution in [3.63, 3.8) is 0 Å². The molecule has 1 aromatic heterocycles. The number of hydrogen-bond acceptors (Lipinski definition) is 4. The van der Waals surface area contributed by atoms with Gasteiger partial charge in [-0.2, -0.15) is 0 Å². The van der Waals surface area contributed by atoms with Gasteiger partial charge in [-0.15, -0.1) is 0 Å². The fraction of sp³-hybridized carbons (Fsp3) is 0.414. The predicted octanol–water partition coefficient (Wildman–Crippen LogP) is 4.94. The van der Waals surface area contributed by atoms with E-state index in [0.717, 1.165) is 34.1 Å². The molecule has 0 aliphatic heterocycles.